The fourth-order valence-corrected chi connectivity index (χ4v) is 1.58. The van der Waals surface area contributed by atoms with E-state index in [2.05, 4.69) is 16.9 Å². The molecule has 15 heavy (non-hydrogen) atoms. The Balaban J connectivity index is 2.50. The highest BCUT2D eigenvalue weighted by molar-refractivity contribution is 7.90. The fourth-order valence-electron chi connectivity index (χ4n) is 1.11. The van der Waals surface area contributed by atoms with Crippen LogP contribution in [-0.4, -0.2) is 36.5 Å². The number of anilines is 1. The van der Waals surface area contributed by atoms with E-state index in [1.54, 1.807) is 12.3 Å². The van der Waals surface area contributed by atoms with Gasteiger partial charge in [-0.2, -0.15) is 0 Å². The van der Waals surface area contributed by atoms with Crippen LogP contribution >= 0.6 is 0 Å². The molecule has 0 spiro atoms. The summed E-state index contributed by atoms with van der Waals surface area (Å²) in [7, 11) is -2.92. The van der Waals surface area contributed by atoms with E-state index in [4.69, 9.17) is 0 Å². The van der Waals surface area contributed by atoms with Crippen molar-refractivity contribution in [3.8, 4) is 0 Å². The number of nitrogens with zero attached hydrogens (tertiary/aromatic N) is 2. The zero-order chi connectivity index (χ0) is 11.3. The highest BCUT2D eigenvalue weighted by Gasteiger charge is 2.03. The molecular weight excluding hydrogens is 214 g/mol. The van der Waals surface area contributed by atoms with Crippen molar-refractivity contribution < 1.29 is 8.42 Å². The molecule has 0 atom stereocenters. The molecule has 5 nitrogen and oxygen atoms in total. The van der Waals surface area contributed by atoms with Crippen LogP contribution in [0.25, 0.3) is 0 Å². The first-order chi connectivity index (χ1) is 7.03. The van der Waals surface area contributed by atoms with E-state index in [0.29, 0.717) is 19.0 Å². The quantitative estimate of drug-likeness (QED) is 0.723. The van der Waals surface area contributed by atoms with Crippen LogP contribution in [0.4, 0.5) is 5.95 Å². The number of imidazole rings is 1. The topological polar surface area (TPSA) is 64.0 Å². The molecule has 0 unspecified atom stereocenters. The zero-order valence-electron chi connectivity index (χ0n) is 8.68. The minimum atomic E-state index is -2.92. The van der Waals surface area contributed by atoms with Crippen LogP contribution < -0.4 is 5.32 Å². The predicted molar refractivity (Wildman–Crippen MR) is 60.6 cm³/mol. The molecule has 6 heteroatoms. The Morgan fingerprint density at radius 1 is 1.67 bits per heavy atom. The van der Waals surface area contributed by atoms with Crippen LogP contribution in [0.5, 0.6) is 0 Å². The lowest BCUT2D eigenvalue weighted by Crippen LogP contribution is -2.16. The van der Waals surface area contributed by atoms with Gasteiger partial charge in [-0.05, 0) is 0 Å². The number of sulfone groups is 1. The summed E-state index contributed by atoms with van der Waals surface area (Å²) in [6.45, 7) is 4.65. The molecule has 1 aromatic heterocycles. The maximum Gasteiger partial charge on any atom is 0.203 e. The molecular formula is C9H15N3O2S. The Labute approximate surface area is 89.7 Å². The number of hydrogen-bond donors (Lipinski definition) is 1. The largest absolute Gasteiger partial charge is 0.355 e. The molecule has 0 radical (unpaired) electrons. The summed E-state index contributed by atoms with van der Waals surface area (Å²) in [5, 5.41) is 2.96. The predicted octanol–water partition coefficient (Wildman–Crippen LogP) is 0.526. The van der Waals surface area contributed by atoms with Gasteiger partial charge in [-0.1, -0.05) is 6.08 Å². The average molecular weight is 229 g/mol. The maximum atomic E-state index is 10.9. The Hall–Kier alpha value is -1.30. The summed E-state index contributed by atoms with van der Waals surface area (Å²) in [4.78, 5) is 4.06. The van der Waals surface area contributed by atoms with E-state index in [1.807, 2.05) is 10.8 Å². The van der Waals surface area contributed by atoms with E-state index >= 15 is 0 Å². The van der Waals surface area contributed by atoms with Crippen molar-refractivity contribution in [3.05, 3.63) is 25.0 Å². The molecule has 0 amide bonds. The first-order valence-electron chi connectivity index (χ1n) is 4.56. The van der Waals surface area contributed by atoms with Crippen molar-refractivity contribution in [2.45, 2.75) is 6.54 Å². The summed E-state index contributed by atoms with van der Waals surface area (Å²) >= 11 is 0. The Kier molecular flexibility index (Phi) is 3.90. The van der Waals surface area contributed by atoms with Crippen molar-refractivity contribution in [2.24, 2.45) is 0 Å². The lowest BCUT2D eigenvalue weighted by atomic mass is 10.6. The molecule has 1 rings (SSSR count). The summed E-state index contributed by atoms with van der Waals surface area (Å²) in [6.07, 6.45) is 6.44. The van der Waals surface area contributed by atoms with Gasteiger partial charge in [0.1, 0.15) is 9.84 Å². The molecule has 0 bridgehead atoms. The Bertz CT molecular complexity index is 422. The van der Waals surface area contributed by atoms with Gasteiger partial charge in [-0.3, -0.25) is 0 Å². The van der Waals surface area contributed by atoms with Crippen molar-refractivity contribution >= 4 is 15.8 Å². The van der Waals surface area contributed by atoms with Crippen molar-refractivity contribution in [2.75, 3.05) is 23.9 Å². The second-order valence-electron chi connectivity index (χ2n) is 3.25. The molecule has 0 fully saturated rings. The molecule has 0 aliphatic carbocycles. The lowest BCUT2D eigenvalue weighted by molar-refractivity contribution is 0.602. The van der Waals surface area contributed by atoms with Gasteiger partial charge in [0.25, 0.3) is 0 Å². The van der Waals surface area contributed by atoms with Gasteiger partial charge >= 0.3 is 0 Å². The lowest BCUT2D eigenvalue weighted by Gasteiger charge is -2.06. The van der Waals surface area contributed by atoms with Crippen LogP contribution in [0.1, 0.15) is 0 Å². The first-order valence-corrected chi connectivity index (χ1v) is 6.62. The number of allylic oxidation sites excluding steroid dienone is 1. The van der Waals surface area contributed by atoms with E-state index in [1.165, 1.54) is 6.26 Å². The highest BCUT2D eigenvalue weighted by Crippen LogP contribution is 2.03. The van der Waals surface area contributed by atoms with E-state index in [0.717, 1.165) is 0 Å². The second-order valence-corrected chi connectivity index (χ2v) is 5.51. The van der Waals surface area contributed by atoms with Gasteiger partial charge in [0.15, 0.2) is 0 Å². The van der Waals surface area contributed by atoms with Gasteiger partial charge in [0.2, 0.25) is 5.95 Å². The van der Waals surface area contributed by atoms with E-state index in [-0.39, 0.29) is 5.75 Å². The smallest absolute Gasteiger partial charge is 0.203 e. The maximum absolute atomic E-state index is 10.9. The van der Waals surface area contributed by atoms with Crippen LogP contribution in [0.2, 0.25) is 0 Å². The van der Waals surface area contributed by atoms with Gasteiger partial charge in [-0.25, -0.2) is 13.4 Å². The number of rotatable bonds is 6. The molecule has 1 N–H and O–H groups in total. The van der Waals surface area contributed by atoms with Crippen LogP contribution in [0.3, 0.4) is 0 Å². The average Bonchev–Trinajstić information content (AvgIpc) is 2.51. The second kappa shape index (κ2) is 4.97. The van der Waals surface area contributed by atoms with Crippen LogP contribution in [0, 0.1) is 0 Å². The Morgan fingerprint density at radius 2 is 2.40 bits per heavy atom. The van der Waals surface area contributed by atoms with E-state index < -0.39 is 9.84 Å². The highest BCUT2D eigenvalue weighted by atomic mass is 32.2. The summed E-state index contributed by atoms with van der Waals surface area (Å²) in [5.41, 5.74) is 0. The first kappa shape index (κ1) is 11.8. The van der Waals surface area contributed by atoms with Gasteiger partial charge in [0, 0.05) is 31.7 Å². The molecule has 0 aromatic carbocycles. The summed E-state index contributed by atoms with van der Waals surface area (Å²) in [6, 6.07) is 0. The van der Waals surface area contributed by atoms with Gasteiger partial charge < -0.3 is 9.88 Å². The molecule has 0 aliphatic rings. The van der Waals surface area contributed by atoms with Crippen molar-refractivity contribution in [1.29, 1.82) is 0 Å². The van der Waals surface area contributed by atoms with Crippen molar-refractivity contribution in [1.82, 2.24) is 9.55 Å². The summed E-state index contributed by atoms with van der Waals surface area (Å²) in [5.74, 6) is 0.770. The normalized spacial score (nSPS) is 11.3. The molecule has 0 aliphatic heterocycles. The fraction of sp³-hybridized carbons (Fsp3) is 0.444. The minimum Gasteiger partial charge on any atom is -0.355 e. The van der Waals surface area contributed by atoms with Gasteiger partial charge in [0.05, 0.1) is 5.75 Å². The minimum absolute atomic E-state index is 0.105. The monoisotopic (exact) mass is 229 g/mol. The van der Waals surface area contributed by atoms with E-state index in [9.17, 15) is 8.42 Å². The number of nitrogens with one attached hydrogen (secondary N) is 1. The number of hydrogen-bond acceptors (Lipinski definition) is 4. The summed E-state index contributed by atoms with van der Waals surface area (Å²) < 4.78 is 23.6. The zero-order valence-corrected chi connectivity index (χ0v) is 9.50. The van der Waals surface area contributed by atoms with Crippen LogP contribution in [0.15, 0.2) is 25.0 Å². The van der Waals surface area contributed by atoms with Crippen LogP contribution in [-0.2, 0) is 16.4 Å². The molecule has 1 heterocycles. The third-order valence-corrected chi connectivity index (χ3v) is 2.74. The molecule has 1 aromatic rings. The molecule has 0 saturated heterocycles. The molecule has 0 saturated carbocycles. The van der Waals surface area contributed by atoms with Gasteiger partial charge in [-0.15, -0.1) is 6.58 Å². The van der Waals surface area contributed by atoms with Crippen molar-refractivity contribution in [3.63, 3.8) is 0 Å². The number of aromatic nitrogens is 2. The Morgan fingerprint density at radius 3 is 3.00 bits per heavy atom. The molecule has 84 valence electrons. The SMILES string of the molecule is C=CCn1ccnc1NCCS(C)(=O)=O. The third kappa shape index (κ3) is 4.16. The third-order valence-electron chi connectivity index (χ3n) is 1.80. The standard InChI is InChI=1S/C9H15N3O2S/c1-3-6-12-7-4-10-9(12)11-5-8-15(2,13)14/h3-4,7H,1,5-6,8H2,2H3,(H,10,11).